The Kier molecular flexibility index (Phi) is 5.23. The van der Waals surface area contributed by atoms with Gasteiger partial charge < -0.3 is 14.5 Å². The number of amides is 1. The minimum atomic E-state index is -0.406. The van der Waals surface area contributed by atoms with Crippen molar-refractivity contribution in [2.24, 2.45) is 0 Å². The number of aryl methyl sites for hydroxylation is 1. The quantitative estimate of drug-likeness (QED) is 0.696. The first-order chi connectivity index (χ1) is 12.5. The molecule has 0 aliphatic heterocycles. The molecule has 0 radical (unpaired) electrons. The summed E-state index contributed by atoms with van der Waals surface area (Å²) in [7, 11) is 0. The lowest BCUT2D eigenvalue weighted by molar-refractivity contribution is -0.123. The second-order valence-electron chi connectivity index (χ2n) is 5.80. The normalized spacial score (nSPS) is 10.7. The number of rotatable bonds is 5. The molecule has 0 spiro atoms. The van der Waals surface area contributed by atoms with Crippen LogP contribution in [0.5, 0.6) is 5.75 Å². The summed E-state index contributed by atoms with van der Waals surface area (Å²) in [6.45, 7) is 3.62. The summed E-state index contributed by atoms with van der Waals surface area (Å²) in [5.41, 5.74) is 2.05. The second kappa shape index (κ2) is 7.58. The third-order valence-corrected chi connectivity index (χ3v) is 4.36. The van der Waals surface area contributed by atoms with Gasteiger partial charge in [0, 0.05) is 23.2 Å². The lowest BCUT2D eigenvalue weighted by atomic mass is 10.1. The van der Waals surface area contributed by atoms with Crippen molar-refractivity contribution in [3.05, 3.63) is 68.8 Å². The Morgan fingerprint density at radius 2 is 2.08 bits per heavy atom. The smallest absolute Gasteiger partial charge is 0.339 e. The van der Waals surface area contributed by atoms with Gasteiger partial charge in [-0.2, -0.15) is 0 Å². The standard InChI is InChI=1S/C19H17ClN2O4/c1-11-12(2)19(24)26-16-8-17(15(20)7-14(11)16)25-10-18(23)22-9-13-5-3-4-6-21-13/h3-8H,9-10H2,1-2H3,(H,22,23). The summed E-state index contributed by atoms with van der Waals surface area (Å²) < 4.78 is 10.8. The SMILES string of the molecule is Cc1c(C)c2cc(Cl)c(OCC(=O)NCc3ccccn3)cc2oc1=O. The number of hydrogen-bond donors (Lipinski definition) is 1. The maximum Gasteiger partial charge on any atom is 0.339 e. The minimum Gasteiger partial charge on any atom is -0.482 e. The van der Waals surface area contributed by atoms with Crippen LogP contribution in [0.2, 0.25) is 5.02 Å². The fourth-order valence-electron chi connectivity index (χ4n) is 2.44. The summed E-state index contributed by atoms with van der Waals surface area (Å²) >= 11 is 6.24. The van der Waals surface area contributed by atoms with E-state index >= 15 is 0 Å². The molecule has 0 aliphatic carbocycles. The summed E-state index contributed by atoms with van der Waals surface area (Å²) in [5, 5.41) is 3.78. The van der Waals surface area contributed by atoms with E-state index < -0.39 is 5.63 Å². The van der Waals surface area contributed by atoms with Gasteiger partial charge in [-0.3, -0.25) is 9.78 Å². The molecule has 0 aliphatic rings. The zero-order chi connectivity index (χ0) is 18.7. The van der Waals surface area contributed by atoms with Crippen molar-refractivity contribution in [1.29, 1.82) is 0 Å². The molecule has 3 aromatic rings. The van der Waals surface area contributed by atoms with E-state index in [4.69, 9.17) is 20.8 Å². The number of halogens is 1. The van der Waals surface area contributed by atoms with Crippen LogP contribution >= 0.6 is 11.6 Å². The van der Waals surface area contributed by atoms with E-state index in [2.05, 4.69) is 10.3 Å². The molecule has 0 saturated heterocycles. The van der Waals surface area contributed by atoms with Crippen LogP contribution in [-0.4, -0.2) is 17.5 Å². The van der Waals surface area contributed by atoms with Crippen LogP contribution in [0.15, 0.2) is 45.7 Å². The van der Waals surface area contributed by atoms with Crippen molar-refractivity contribution in [3.8, 4) is 5.75 Å². The van der Waals surface area contributed by atoms with E-state index in [-0.39, 0.29) is 18.3 Å². The number of benzene rings is 1. The predicted octanol–water partition coefficient (Wildman–Crippen LogP) is 3.15. The van der Waals surface area contributed by atoms with E-state index in [9.17, 15) is 9.59 Å². The van der Waals surface area contributed by atoms with Crippen LogP contribution in [0.1, 0.15) is 16.8 Å². The Morgan fingerprint density at radius 1 is 1.27 bits per heavy atom. The van der Waals surface area contributed by atoms with Crippen LogP contribution in [0, 0.1) is 13.8 Å². The molecule has 1 aromatic carbocycles. The van der Waals surface area contributed by atoms with E-state index in [1.807, 2.05) is 19.1 Å². The lowest BCUT2D eigenvalue weighted by Crippen LogP contribution is -2.28. The Bertz CT molecular complexity index is 1020. The molecule has 134 valence electrons. The molecule has 3 rings (SSSR count). The first-order valence-corrected chi connectivity index (χ1v) is 8.36. The average molecular weight is 373 g/mol. The summed E-state index contributed by atoms with van der Waals surface area (Å²) in [5.74, 6) is -0.0353. The van der Waals surface area contributed by atoms with Crippen molar-refractivity contribution < 1.29 is 13.9 Å². The van der Waals surface area contributed by atoms with Gasteiger partial charge in [0.25, 0.3) is 5.91 Å². The Balaban J connectivity index is 1.70. The van der Waals surface area contributed by atoms with Crippen LogP contribution in [0.25, 0.3) is 11.0 Å². The highest BCUT2D eigenvalue weighted by molar-refractivity contribution is 6.32. The Hall–Kier alpha value is -2.86. The van der Waals surface area contributed by atoms with Gasteiger partial charge in [0.2, 0.25) is 0 Å². The molecule has 1 N–H and O–H groups in total. The number of ether oxygens (including phenoxy) is 1. The minimum absolute atomic E-state index is 0.215. The fourth-order valence-corrected chi connectivity index (χ4v) is 2.66. The molecule has 2 heterocycles. The van der Waals surface area contributed by atoms with Gasteiger partial charge in [0.05, 0.1) is 17.3 Å². The number of carbonyl (C=O) groups excluding carboxylic acids is 1. The summed E-state index contributed by atoms with van der Waals surface area (Å²) in [4.78, 5) is 27.9. The zero-order valence-electron chi connectivity index (χ0n) is 14.3. The van der Waals surface area contributed by atoms with Crippen LogP contribution in [-0.2, 0) is 11.3 Å². The first kappa shape index (κ1) is 17.9. The van der Waals surface area contributed by atoms with E-state index in [1.54, 1.807) is 25.3 Å². The van der Waals surface area contributed by atoms with Gasteiger partial charge in [-0.25, -0.2) is 4.79 Å². The van der Waals surface area contributed by atoms with Gasteiger partial charge in [0.15, 0.2) is 6.61 Å². The molecule has 0 fully saturated rings. The zero-order valence-corrected chi connectivity index (χ0v) is 15.1. The molecule has 26 heavy (non-hydrogen) atoms. The highest BCUT2D eigenvalue weighted by Gasteiger charge is 2.13. The number of nitrogens with one attached hydrogen (secondary N) is 1. The predicted molar refractivity (Wildman–Crippen MR) is 98.5 cm³/mol. The fraction of sp³-hybridized carbons (Fsp3) is 0.211. The largest absolute Gasteiger partial charge is 0.482 e. The second-order valence-corrected chi connectivity index (χ2v) is 6.21. The van der Waals surface area contributed by atoms with E-state index in [0.29, 0.717) is 22.7 Å². The monoisotopic (exact) mass is 372 g/mol. The first-order valence-electron chi connectivity index (χ1n) is 7.98. The number of carbonyl (C=O) groups is 1. The molecule has 0 unspecified atom stereocenters. The van der Waals surface area contributed by atoms with Crippen molar-refractivity contribution in [1.82, 2.24) is 10.3 Å². The van der Waals surface area contributed by atoms with Crippen LogP contribution < -0.4 is 15.7 Å². The molecular weight excluding hydrogens is 356 g/mol. The Morgan fingerprint density at radius 3 is 2.81 bits per heavy atom. The van der Waals surface area contributed by atoms with Gasteiger partial charge >= 0.3 is 5.63 Å². The molecule has 0 bridgehead atoms. The highest BCUT2D eigenvalue weighted by Crippen LogP contribution is 2.31. The molecule has 2 aromatic heterocycles. The van der Waals surface area contributed by atoms with Gasteiger partial charge in [-0.1, -0.05) is 17.7 Å². The maximum absolute atomic E-state index is 11.9. The van der Waals surface area contributed by atoms with Crippen molar-refractivity contribution in [2.45, 2.75) is 20.4 Å². The van der Waals surface area contributed by atoms with Crippen LogP contribution in [0.4, 0.5) is 0 Å². The summed E-state index contributed by atoms with van der Waals surface area (Å²) in [6.07, 6.45) is 1.66. The van der Waals surface area contributed by atoms with Gasteiger partial charge in [0.1, 0.15) is 11.3 Å². The molecule has 0 atom stereocenters. The maximum atomic E-state index is 11.9. The third kappa shape index (κ3) is 3.86. The molecule has 6 nitrogen and oxygen atoms in total. The van der Waals surface area contributed by atoms with E-state index in [0.717, 1.165) is 16.6 Å². The molecule has 0 saturated carbocycles. The third-order valence-electron chi connectivity index (χ3n) is 4.06. The molecule has 7 heteroatoms. The van der Waals surface area contributed by atoms with Gasteiger partial charge in [-0.05, 0) is 37.6 Å². The number of hydrogen-bond acceptors (Lipinski definition) is 5. The number of aromatic nitrogens is 1. The number of pyridine rings is 1. The molecular formula is C19H17ClN2O4. The number of nitrogens with zero attached hydrogens (tertiary/aromatic N) is 1. The van der Waals surface area contributed by atoms with Crippen molar-refractivity contribution in [2.75, 3.05) is 6.61 Å². The lowest BCUT2D eigenvalue weighted by Gasteiger charge is -2.11. The van der Waals surface area contributed by atoms with Crippen LogP contribution in [0.3, 0.4) is 0 Å². The van der Waals surface area contributed by atoms with Gasteiger partial charge in [-0.15, -0.1) is 0 Å². The van der Waals surface area contributed by atoms with Crippen molar-refractivity contribution in [3.63, 3.8) is 0 Å². The van der Waals surface area contributed by atoms with Crippen molar-refractivity contribution >= 4 is 28.5 Å². The highest BCUT2D eigenvalue weighted by atomic mass is 35.5. The number of fused-ring (bicyclic) bond motifs is 1. The Labute approximate surface area is 154 Å². The summed E-state index contributed by atoms with van der Waals surface area (Å²) in [6, 6.07) is 8.66. The van der Waals surface area contributed by atoms with E-state index in [1.165, 1.54) is 6.07 Å². The average Bonchev–Trinajstić information content (AvgIpc) is 2.64. The topological polar surface area (TPSA) is 81.4 Å². The molecule has 1 amide bonds.